The number of carbonyl (C=O) groups excluding carboxylic acids is 1. The minimum Gasteiger partial charge on any atom is -0.336 e. The van der Waals surface area contributed by atoms with Crippen LogP contribution < -0.4 is 10.6 Å². The zero-order chi connectivity index (χ0) is 13.8. The lowest BCUT2D eigenvalue weighted by Gasteiger charge is -2.07. The van der Waals surface area contributed by atoms with E-state index in [1.165, 1.54) is 0 Å². The summed E-state index contributed by atoms with van der Waals surface area (Å²) in [6.07, 6.45) is 0. The van der Waals surface area contributed by atoms with Crippen molar-refractivity contribution < 1.29 is 4.79 Å². The number of carbonyl (C=O) groups is 1. The molecule has 0 atom stereocenters. The molecule has 0 aliphatic heterocycles. The van der Waals surface area contributed by atoms with Gasteiger partial charge in [0.2, 0.25) is 0 Å². The van der Waals surface area contributed by atoms with Crippen LogP contribution in [0.25, 0.3) is 11.3 Å². The first-order valence-electron chi connectivity index (χ1n) is 6.23. The Hall–Kier alpha value is -2.30. The van der Waals surface area contributed by atoms with Crippen LogP contribution in [0.1, 0.15) is 13.8 Å². The van der Waals surface area contributed by atoms with Gasteiger partial charge in [-0.2, -0.15) is 5.10 Å². The highest BCUT2D eigenvalue weighted by atomic mass is 16.2. The molecule has 2 rings (SSSR count). The molecule has 0 aliphatic carbocycles. The fourth-order valence-corrected chi connectivity index (χ4v) is 1.82. The Labute approximate surface area is 112 Å². The van der Waals surface area contributed by atoms with Crippen molar-refractivity contribution in [3.05, 3.63) is 36.4 Å². The first kappa shape index (κ1) is 13.1. The zero-order valence-electron chi connectivity index (χ0n) is 11.3. The highest BCUT2D eigenvalue weighted by Gasteiger charge is 2.10. The highest BCUT2D eigenvalue weighted by molar-refractivity contribution is 5.89. The van der Waals surface area contributed by atoms with Gasteiger partial charge < -0.3 is 5.32 Å². The molecule has 2 aromatic rings. The maximum absolute atomic E-state index is 11.6. The fraction of sp³-hybridized carbons (Fsp3) is 0.286. The minimum atomic E-state index is -0.243. The van der Waals surface area contributed by atoms with Crippen LogP contribution in [-0.4, -0.2) is 21.9 Å². The molecule has 0 aliphatic rings. The lowest BCUT2D eigenvalue weighted by atomic mass is 10.1. The van der Waals surface area contributed by atoms with Crippen LogP contribution in [0.5, 0.6) is 0 Å². The molecule has 0 spiro atoms. The maximum Gasteiger partial charge on any atom is 0.320 e. The average Bonchev–Trinajstić information content (AvgIpc) is 2.70. The molecule has 100 valence electrons. The Balaban J connectivity index is 2.16. The van der Waals surface area contributed by atoms with E-state index in [1.807, 2.05) is 57.3 Å². The van der Waals surface area contributed by atoms with Crippen LogP contribution in [-0.2, 0) is 7.05 Å². The number of aryl methyl sites for hydroxylation is 1. The van der Waals surface area contributed by atoms with Gasteiger partial charge in [0.15, 0.2) is 5.82 Å². The summed E-state index contributed by atoms with van der Waals surface area (Å²) in [5.41, 5.74) is 2.02. The van der Waals surface area contributed by atoms with E-state index in [4.69, 9.17) is 0 Å². The number of amides is 2. The van der Waals surface area contributed by atoms with Crippen molar-refractivity contribution in [1.29, 1.82) is 0 Å². The molecule has 5 heteroatoms. The van der Waals surface area contributed by atoms with Crippen molar-refractivity contribution in [3.63, 3.8) is 0 Å². The number of benzene rings is 1. The van der Waals surface area contributed by atoms with Gasteiger partial charge in [0.1, 0.15) is 0 Å². The number of nitrogens with zero attached hydrogens (tertiary/aromatic N) is 2. The predicted octanol–water partition coefficient (Wildman–Crippen LogP) is 2.62. The summed E-state index contributed by atoms with van der Waals surface area (Å²) in [5.74, 6) is 0.541. The second-order valence-electron chi connectivity index (χ2n) is 4.66. The standard InChI is InChI=1S/C14H18N4O/c1-10(2)15-14(19)16-13-9-12(18(3)17-13)11-7-5-4-6-8-11/h4-10H,1-3H3,(H2,15,16,17,19). The summed E-state index contributed by atoms with van der Waals surface area (Å²) in [4.78, 5) is 11.6. The molecule has 1 aromatic carbocycles. The molecule has 0 unspecified atom stereocenters. The molecule has 0 radical (unpaired) electrons. The van der Waals surface area contributed by atoms with Crippen molar-refractivity contribution in [1.82, 2.24) is 15.1 Å². The van der Waals surface area contributed by atoms with Crippen molar-refractivity contribution >= 4 is 11.8 Å². The fourth-order valence-electron chi connectivity index (χ4n) is 1.82. The van der Waals surface area contributed by atoms with E-state index in [-0.39, 0.29) is 12.1 Å². The van der Waals surface area contributed by atoms with Crippen LogP contribution in [0, 0.1) is 0 Å². The van der Waals surface area contributed by atoms with Crippen LogP contribution in [0.2, 0.25) is 0 Å². The lowest BCUT2D eigenvalue weighted by molar-refractivity contribution is 0.250. The largest absolute Gasteiger partial charge is 0.336 e. The quantitative estimate of drug-likeness (QED) is 0.889. The minimum absolute atomic E-state index is 0.0947. The zero-order valence-corrected chi connectivity index (χ0v) is 11.3. The predicted molar refractivity (Wildman–Crippen MR) is 75.9 cm³/mol. The summed E-state index contributed by atoms with van der Waals surface area (Å²) in [6, 6.07) is 11.6. The Morgan fingerprint density at radius 3 is 2.58 bits per heavy atom. The van der Waals surface area contributed by atoms with Crippen LogP contribution in [0.3, 0.4) is 0 Å². The Morgan fingerprint density at radius 2 is 1.95 bits per heavy atom. The summed E-state index contributed by atoms with van der Waals surface area (Å²) in [7, 11) is 1.86. The molecule has 19 heavy (non-hydrogen) atoms. The van der Waals surface area contributed by atoms with Gasteiger partial charge in [0.05, 0.1) is 5.69 Å². The second kappa shape index (κ2) is 5.56. The number of anilines is 1. The lowest BCUT2D eigenvalue weighted by Crippen LogP contribution is -2.34. The third-order valence-corrected chi connectivity index (χ3v) is 2.61. The highest BCUT2D eigenvalue weighted by Crippen LogP contribution is 2.21. The van der Waals surface area contributed by atoms with E-state index in [9.17, 15) is 4.79 Å². The second-order valence-corrected chi connectivity index (χ2v) is 4.66. The Kier molecular flexibility index (Phi) is 3.85. The smallest absolute Gasteiger partial charge is 0.320 e. The van der Waals surface area contributed by atoms with Crippen molar-refractivity contribution in [3.8, 4) is 11.3 Å². The van der Waals surface area contributed by atoms with Crippen molar-refractivity contribution in [2.24, 2.45) is 7.05 Å². The first-order valence-corrected chi connectivity index (χ1v) is 6.23. The van der Waals surface area contributed by atoms with Gasteiger partial charge in [-0.1, -0.05) is 30.3 Å². The molecule has 1 aromatic heterocycles. The van der Waals surface area contributed by atoms with Gasteiger partial charge in [0.25, 0.3) is 0 Å². The number of nitrogens with one attached hydrogen (secondary N) is 2. The van der Waals surface area contributed by atoms with E-state index in [2.05, 4.69) is 15.7 Å². The van der Waals surface area contributed by atoms with Gasteiger partial charge in [-0.15, -0.1) is 0 Å². The molecular formula is C14H18N4O. The van der Waals surface area contributed by atoms with E-state index in [1.54, 1.807) is 4.68 Å². The number of hydrogen-bond donors (Lipinski definition) is 2. The molecule has 2 N–H and O–H groups in total. The van der Waals surface area contributed by atoms with Gasteiger partial charge in [-0.05, 0) is 19.4 Å². The van der Waals surface area contributed by atoms with Crippen molar-refractivity contribution in [2.75, 3.05) is 5.32 Å². The normalized spacial score (nSPS) is 10.5. The third-order valence-electron chi connectivity index (χ3n) is 2.61. The Bertz CT molecular complexity index is 560. The molecular weight excluding hydrogens is 240 g/mol. The van der Waals surface area contributed by atoms with E-state index in [0.717, 1.165) is 11.3 Å². The van der Waals surface area contributed by atoms with Crippen LogP contribution in [0.15, 0.2) is 36.4 Å². The van der Waals surface area contributed by atoms with E-state index in [0.29, 0.717) is 5.82 Å². The van der Waals surface area contributed by atoms with Gasteiger partial charge >= 0.3 is 6.03 Å². The van der Waals surface area contributed by atoms with Gasteiger partial charge in [0, 0.05) is 19.2 Å². The summed E-state index contributed by atoms with van der Waals surface area (Å²) in [5, 5.41) is 9.76. The third kappa shape index (κ3) is 3.34. The SMILES string of the molecule is CC(C)NC(=O)Nc1cc(-c2ccccc2)n(C)n1. The number of aromatic nitrogens is 2. The summed E-state index contributed by atoms with van der Waals surface area (Å²) in [6.45, 7) is 3.82. The number of rotatable bonds is 3. The number of urea groups is 1. The summed E-state index contributed by atoms with van der Waals surface area (Å²) >= 11 is 0. The van der Waals surface area contributed by atoms with E-state index < -0.39 is 0 Å². The monoisotopic (exact) mass is 258 g/mol. The molecule has 0 bridgehead atoms. The Morgan fingerprint density at radius 1 is 1.26 bits per heavy atom. The summed E-state index contributed by atoms with van der Waals surface area (Å²) < 4.78 is 1.75. The average molecular weight is 258 g/mol. The first-order chi connectivity index (χ1) is 9.06. The molecule has 0 saturated carbocycles. The van der Waals surface area contributed by atoms with Gasteiger partial charge in [-0.3, -0.25) is 10.00 Å². The van der Waals surface area contributed by atoms with Crippen molar-refractivity contribution in [2.45, 2.75) is 19.9 Å². The topological polar surface area (TPSA) is 59.0 Å². The van der Waals surface area contributed by atoms with Crippen LogP contribution >= 0.6 is 0 Å². The molecule has 0 fully saturated rings. The molecule has 0 saturated heterocycles. The number of hydrogen-bond acceptors (Lipinski definition) is 2. The molecule has 1 heterocycles. The van der Waals surface area contributed by atoms with Crippen LogP contribution in [0.4, 0.5) is 10.6 Å². The maximum atomic E-state index is 11.6. The van der Waals surface area contributed by atoms with E-state index >= 15 is 0 Å². The van der Waals surface area contributed by atoms with Gasteiger partial charge in [-0.25, -0.2) is 4.79 Å². The molecule has 2 amide bonds. The molecule has 5 nitrogen and oxygen atoms in total.